The standard InChI is InChI=1S/C20H23F2N3O2S/c1-12(2)18(26)23-9-15-11-28-19(24-15)13-4-3-7-25(10-13)20(27)16-8-14(21)5-6-17(16)22/h5-6,8,11-13H,3-4,7,9-10H2,1-2H3,(H,23,26)/t13-/m0/s1. The molecular formula is C20H23F2N3O2S. The van der Waals surface area contributed by atoms with Crippen molar-refractivity contribution in [2.24, 2.45) is 5.92 Å². The van der Waals surface area contributed by atoms with Crippen LogP contribution in [0.25, 0.3) is 0 Å². The number of hydrogen-bond acceptors (Lipinski definition) is 4. The van der Waals surface area contributed by atoms with Gasteiger partial charge in [-0.2, -0.15) is 0 Å². The third-order valence-electron chi connectivity index (χ3n) is 4.75. The second-order valence-corrected chi connectivity index (χ2v) is 8.15. The molecular weight excluding hydrogens is 384 g/mol. The number of halogens is 2. The van der Waals surface area contributed by atoms with Crippen LogP contribution in [0.15, 0.2) is 23.6 Å². The maximum atomic E-state index is 13.9. The topological polar surface area (TPSA) is 62.3 Å². The number of hydrogen-bond donors (Lipinski definition) is 1. The number of piperidine rings is 1. The summed E-state index contributed by atoms with van der Waals surface area (Å²) in [7, 11) is 0. The first-order valence-electron chi connectivity index (χ1n) is 9.31. The molecule has 3 rings (SSSR count). The largest absolute Gasteiger partial charge is 0.350 e. The number of thiazole rings is 1. The predicted molar refractivity (Wildman–Crippen MR) is 103 cm³/mol. The molecule has 1 N–H and O–H groups in total. The lowest BCUT2D eigenvalue weighted by atomic mass is 9.98. The van der Waals surface area contributed by atoms with Crippen molar-refractivity contribution in [2.45, 2.75) is 39.2 Å². The molecule has 28 heavy (non-hydrogen) atoms. The van der Waals surface area contributed by atoms with Crippen LogP contribution in [0, 0.1) is 17.6 Å². The lowest BCUT2D eigenvalue weighted by molar-refractivity contribution is -0.124. The Balaban J connectivity index is 1.66. The van der Waals surface area contributed by atoms with E-state index in [1.165, 1.54) is 11.3 Å². The fourth-order valence-corrected chi connectivity index (χ4v) is 4.12. The fourth-order valence-electron chi connectivity index (χ4n) is 3.17. The lowest BCUT2D eigenvalue weighted by Crippen LogP contribution is -2.39. The van der Waals surface area contributed by atoms with Gasteiger partial charge in [0.25, 0.3) is 5.91 Å². The van der Waals surface area contributed by atoms with Crippen molar-refractivity contribution in [3.05, 3.63) is 51.5 Å². The summed E-state index contributed by atoms with van der Waals surface area (Å²) < 4.78 is 27.4. The first-order valence-corrected chi connectivity index (χ1v) is 10.2. The van der Waals surface area contributed by atoms with E-state index in [2.05, 4.69) is 10.3 Å². The van der Waals surface area contributed by atoms with Crippen molar-refractivity contribution in [1.82, 2.24) is 15.2 Å². The van der Waals surface area contributed by atoms with E-state index in [0.717, 1.165) is 41.7 Å². The molecule has 150 valence electrons. The Kier molecular flexibility index (Phi) is 6.39. The molecule has 1 fully saturated rings. The van der Waals surface area contributed by atoms with Crippen LogP contribution in [0.2, 0.25) is 0 Å². The highest BCUT2D eigenvalue weighted by molar-refractivity contribution is 7.09. The van der Waals surface area contributed by atoms with E-state index >= 15 is 0 Å². The van der Waals surface area contributed by atoms with E-state index in [1.807, 2.05) is 19.2 Å². The van der Waals surface area contributed by atoms with Crippen LogP contribution >= 0.6 is 11.3 Å². The molecule has 1 aliphatic rings. The monoisotopic (exact) mass is 407 g/mol. The molecule has 0 saturated carbocycles. The Hall–Kier alpha value is -2.35. The zero-order valence-electron chi connectivity index (χ0n) is 15.9. The van der Waals surface area contributed by atoms with Crippen LogP contribution in [0.4, 0.5) is 8.78 Å². The highest BCUT2D eigenvalue weighted by Gasteiger charge is 2.28. The second kappa shape index (κ2) is 8.77. The van der Waals surface area contributed by atoms with Crippen LogP contribution in [-0.2, 0) is 11.3 Å². The van der Waals surface area contributed by atoms with Crippen LogP contribution in [0.5, 0.6) is 0 Å². The molecule has 0 unspecified atom stereocenters. The first-order chi connectivity index (χ1) is 13.3. The van der Waals surface area contributed by atoms with Gasteiger partial charge in [0.1, 0.15) is 11.6 Å². The smallest absolute Gasteiger partial charge is 0.256 e. The molecule has 8 heteroatoms. The number of aromatic nitrogens is 1. The minimum absolute atomic E-state index is 0.0268. The summed E-state index contributed by atoms with van der Waals surface area (Å²) in [4.78, 5) is 30.5. The summed E-state index contributed by atoms with van der Waals surface area (Å²) in [6.45, 7) is 4.96. The number of amides is 2. The van der Waals surface area contributed by atoms with Gasteiger partial charge in [-0.25, -0.2) is 13.8 Å². The number of nitrogens with zero attached hydrogens (tertiary/aromatic N) is 2. The van der Waals surface area contributed by atoms with Gasteiger partial charge in [-0.3, -0.25) is 9.59 Å². The van der Waals surface area contributed by atoms with Gasteiger partial charge in [-0.05, 0) is 31.0 Å². The Labute approximate surface area is 166 Å². The zero-order valence-corrected chi connectivity index (χ0v) is 16.7. The Morgan fingerprint density at radius 2 is 2.14 bits per heavy atom. The molecule has 1 aromatic heterocycles. The zero-order chi connectivity index (χ0) is 20.3. The number of likely N-dealkylation sites (tertiary alicyclic amines) is 1. The van der Waals surface area contributed by atoms with Crippen LogP contribution in [-0.4, -0.2) is 34.8 Å². The maximum absolute atomic E-state index is 13.9. The molecule has 1 saturated heterocycles. The van der Waals surface area contributed by atoms with Crippen LogP contribution in [0.3, 0.4) is 0 Å². The van der Waals surface area contributed by atoms with E-state index < -0.39 is 17.5 Å². The summed E-state index contributed by atoms with van der Waals surface area (Å²) in [5, 5.41) is 5.64. The van der Waals surface area contributed by atoms with Gasteiger partial charge in [-0.1, -0.05) is 13.8 Å². The average molecular weight is 407 g/mol. The third kappa shape index (κ3) is 4.73. The predicted octanol–water partition coefficient (Wildman–Crippen LogP) is 3.71. The van der Waals surface area contributed by atoms with Crippen molar-refractivity contribution in [3.8, 4) is 0 Å². The van der Waals surface area contributed by atoms with Gasteiger partial charge in [0.15, 0.2) is 0 Å². The Bertz CT molecular complexity index is 869. The quantitative estimate of drug-likeness (QED) is 0.822. The van der Waals surface area contributed by atoms with Gasteiger partial charge < -0.3 is 10.2 Å². The molecule has 0 spiro atoms. The molecule has 5 nitrogen and oxygen atoms in total. The van der Waals surface area contributed by atoms with E-state index in [1.54, 1.807) is 4.90 Å². The minimum atomic E-state index is -0.717. The molecule has 2 amide bonds. The SMILES string of the molecule is CC(C)C(=O)NCc1csc([C@H]2CCCN(C(=O)c3cc(F)ccc3F)C2)n1. The molecule has 2 aromatic rings. The molecule has 1 atom stereocenters. The average Bonchev–Trinajstić information content (AvgIpc) is 3.16. The normalized spacial score (nSPS) is 17.0. The Morgan fingerprint density at radius 3 is 2.89 bits per heavy atom. The minimum Gasteiger partial charge on any atom is -0.350 e. The molecule has 0 aliphatic carbocycles. The number of nitrogens with one attached hydrogen (secondary N) is 1. The van der Waals surface area contributed by atoms with Crippen molar-refractivity contribution < 1.29 is 18.4 Å². The van der Waals surface area contributed by atoms with E-state index in [-0.39, 0.29) is 23.3 Å². The van der Waals surface area contributed by atoms with Gasteiger partial charge >= 0.3 is 0 Å². The third-order valence-corrected chi connectivity index (χ3v) is 5.81. The van der Waals surface area contributed by atoms with Crippen molar-refractivity contribution >= 4 is 23.2 Å². The van der Waals surface area contributed by atoms with E-state index in [9.17, 15) is 18.4 Å². The van der Waals surface area contributed by atoms with Crippen LogP contribution < -0.4 is 5.32 Å². The van der Waals surface area contributed by atoms with Gasteiger partial charge in [-0.15, -0.1) is 11.3 Å². The summed E-state index contributed by atoms with van der Waals surface area (Å²) in [5.74, 6) is -1.91. The van der Waals surface area contributed by atoms with Gasteiger partial charge in [0.05, 0.1) is 22.8 Å². The Morgan fingerprint density at radius 1 is 1.36 bits per heavy atom. The maximum Gasteiger partial charge on any atom is 0.256 e. The van der Waals surface area contributed by atoms with Crippen LogP contribution in [0.1, 0.15) is 53.7 Å². The first kappa shape index (κ1) is 20.4. The van der Waals surface area contributed by atoms with Gasteiger partial charge in [0, 0.05) is 30.3 Å². The highest BCUT2D eigenvalue weighted by Crippen LogP contribution is 2.30. The summed E-state index contributed by atoms with van der Waals surface area (Å²) in [6.07, 6.45) is 1.65. The number of benzene rings is 1. The van der Waals surface area contributed by atoms with Crippen molar-refractivity contribution in [1.29, 1.82) is 0 Å². The fraction of sp³-hybridized carbons (Fsp3) is 0.450. The summed E-state index contributed by atoms with van der Waals surface area (Å²) in [6, 6.07) is 2.92. The molecule has 1 aliphatic heterocycles. The molecule has 0 bridgehead atoms. The number of carbonyl (C=O) groups excluding carboxylic acids is 2. The molecule has 0 radical (unpaired) electrons. The van der Waals surface area contributed by atoms with E-state index in [4.69, 9.17) is 0 Å². The summed E-state index contributed by atoms with van der Waals surface area (Å²) >= 11 is 1.50. The second-order valence-electron chi connectivity index (χ2n) is 7.26. The van der Waals surface area contributed by atoms with Crippen molar-refractivity contribution in [2.75, 3.05) is 13.1 Å². The highest BCUT2D eigenvalue weighted by atomic mass is 32.1. The lowest BCUT2D eigenvalue weighted by Gasteiger charge is -2.32. The molecule has 1 aromatic carbocycles. The van der Waals surface area contributed by atoms with Crippen molar-refractivity contribution in [3.63, 3.8) is 0 Å². The summed E-state index contributed by atoms with van der Waals surface area (Å²) in [5.41, 5.74) is 0.547. The molecule has 2 heterocycles. The van der Waals surface area contributed by atoms with Gasteiger partial charge in [0.2, 0.25) is 5.91 Å². The number of rotatable bonds is 5. The van der Waals surface area contributed by atoms with E-state index in [0.29, 0.717) is 19.6 Å². The number of carbonyl (C=O) groups is 2.